The van der Waals surface area contributed by atoms with Crippen LogP contribution in [0.1, 0.15) is 32.3 Å². The lowest BCUT2D eigenvalue weighted by Gasteiger charge is -2.33. The average molecular weight is 502 g/mol. The van der Waals surface area contributed by atoms with E-state index in [0.717, 1.165) is 51.5 Å². The number of rotatable bonds is 7. The van der Waals surface area contributed by atoms with E-state index in [-0.39, 0.29) is 35.9 Å². The number of guanidine groups is 1. The van der Waals surface area contributed by atoms with Gasteiger partial charge in [0.1, 0.15) is 0 Å². The van der Waals surface area contributed by atoms with Crippen LogP contribution in [0.3, 0.4) is 0 Å². The van der Waals surface area contributed by atoms with Crippen LogP contribution in [-0.2, 0) is 9.53 Å². The molecule has 0 unspecified atom stereocenters. The number of ether oxygens (including phenoxy) is 1. The number of hydrogen-bond acceptors (Lipinski definition) is 4. The summed E-state index contributed by atoms with van der Waals surface area (Å²) < 4.78 is 5.15. The molecule has 1 aromatic carbocycles. The first-order valence-electron chi connectivity index (χ1n) is 10.0. The molecule has 1 N–H and O–H groups in total. The molecule has 1 heterocycles. The van der Waals surface area contributed by atoms with Gasteiger partial charge in [-0.25, -0.2) is 0 Å². The Labute approximate surface area is 186 Å². The largest absolute Gasteiger partial charge is 0.466 e. The zero-order chi connectivity index (χ0) is 19.6. The number of halogens is 1. The standard InChI is InChI=1S/C21H34N4O2.HI/c1-5-24(19-10-8-7-9-17(19)3)16-13-23-21(22-4)25-14-11-18(12-15-25)20(26)27-6-2;/h7-10,18H,5-6,11-16H2,1-4H3,(H,22,23);1H. The van der Waals surface area contributed by atoms with E-state index in [1.165, 1.54) is 11.3 Å². The number of nitrogens with one attached hydrogen (secondary N) is 1. The maximum atomic E-state index is 11.9. The van der Waals surface area contributed by atoms with Crippen molar-refractivity contribution in [3.63, 3.8) is 0 Å². The first kappa shape index (κ1) is 24.5. The lowest BCUT2D eigenvalue weighted by Crippen LogP contribution is -2.48. The van der Waals surface area contributed by atoms with Crippen molar-refractivity contribution in [2.45, 2.75) is 33.6 Å². The summed E-state index contributed by atoms with van der Waals surface area (Å²) in [6.45, 7) is 11.0. The van der Waals surface area contributed by atoms with Gasteiger partial charge in [0.05, 0.1) is 12.5 Å². The van der Waals surface area contributed by atoms with Crippen molar-refractivity contribution in [3.05, 3.63) is 29.8 Å². The molecule has 6 nitrogen and oxygen atoms in total. The molecule has 0 saturated carbocycles. The number of piperidine rings is 1. The van der Waals surface area contributed by atoms with E-state index in [9.17, 15) is 4.79 Å². The predicted octanol–water partition coefficient (Wildman–Crippen LogP) is 3.29. The minimum Gasteiger partial charge on any atom is -0.466 e. The van der Waals surface area contributed by atoms with Crippen LogP contribution < -0.4 is 10.2 Å². The van der Waals surface area contributed by atoms with Crippen molar-refractivity contribution in [1.82, 2.24) is 10.2 Å². The molecule has 1 fully saturated rings. The molecule has 0 atom stereocenters. The van der Waals surface area contributed by atoms with Crippen molar-refractivity contribution in [1.29, 1.82) is 0 Å². The topological polar surface area (TPSA) is 57.2 Å². The zero-order valence-electron chi connectivity index (χ0n) is 17.6. The van der Waals surface area contributed by atoms with Gasteiger partial charge in [0.2, 0.25) is 0 Å². The molecule has 0 aromatic heterocycles. The highest BCUT2D eigenvalue weighted by molar-refractivity contribution is 14.0. The van der Waals surface area contributed by atoms with Gasteiger partial charge in [-0.1, -0.05) is 18.2 Å². The summed E-state index contributed by atoms with van der Waals surface area (Å²) >= 11 is 0. The van der Waals surface area contributed by atoms with Gasteiger partial charge in [0.25, 0.3) is 0 Å². The van der Waals surface area contributed by atoms with Crippen LogP contribution in [0.5, 0.6) is 0 Å². The maximum Gasteiger partial charge on any atom is 0.309 e. The number of anilines is 1. The molecule has 28 heavy (non-hydrogen) atoms. The van der Waals surface area contributed by atoms with Gasteiger partial charge in [0, 0.05) is 45.5 Å². The smallest absolute Gasteiger partial charge is 0.309 e. The number of nitrogens with zero attached hydrogens (tertiary/aromatic N) is 3. The molecule has 0 aliphatic carbocycles. The van der Waals surface area contributed by atoms with Gasteiger partial charge >= 0.3 is 5.97 Å². The lowest BCUT2D eigenvalue weighted by atomic mass is 9.97. The number of aliphatic imine (C=N–C) groups is 1. The molecule has 1 aliphatic heterocycles. The second kappa shape index (κ2) is 12.9. The Morgan fingerprint density at radius 2 is 1.96 bits per heavy atom. The molecular weight excluding hydrogens is 467 g/mol. The van der Waals surface area contributed by atoms with Crippen LogP contribution in [0.25, 0.3) is 0 Å². The first-order valence-corrected chi connectivity index (χ1v) is 10.0. The SMILES string of the molecule is CCOC(=O)C1CCN(C(=NC)NCCN(CC)c2ccccc2C)CC1.I. The van der Waals surface area contributed by atoms with Gasteiger partial charge in [-0.2, -0.15) is 0 Å². The Hall–Kier alpha value is -1.51. The van der Waals surface area contributed by atoms with E-state index >= 15 is 0 Å². The number of esters is 1. The van der Waals surface area contributed by atoms with Gasteiger partial charge in [-0.3, -0.25) is 9.79 Å². The third-order valence-electron chi connectivity index (χ3n) is 5.13. The van der Waals surface area contributed by atoms with Crippen molar-refractivity contribution in [2.75, 3.05) is 51.3 Å². The summed E-state index contributed by atoms with van der Waals surface area (Å²) in [6.07, 6.45) is 1.65. The fourth-order valence-electron chi connectivity index (χ4n) is 3.59. The third kappa shape index (κ3) is 6.83. The summed E-state index contributed by atoms with van der Waals surface area (Å²) in [6, 6.07) is 8.49. The summed E-state index contributed by atoms with van der Waals surface area (Å²) in [7, 11) is 1.82. The quantitative estimate of drug-likeness (QED) is 0.269. The highest BCUT2D eigenvalue weighted by Gasteiger charge is 2.27. The fourth-order valence-corrected chi connectivity index (χ4v) is 3.59. The molecule has 1 saturated heterocycles. The second-order valence-corrected chi connectivity index (χ2v) is 6.85. The minimum absolute atomic E-state index is 0. The van der Waals surface area contributed by atoms with E-state index < -0.39 is 0 Å². The summed E-state index contributed by atoms with van der Waals surface area (Å²) in [5, 5.41) is 3.48. The van der Waals surface area contributed by atoms with Crippen LogP contribution in [-0.4, -0.2) is 63.2 Å². The minimum atomic E-state index is -0.0584. The van der Waals surface area contributed by atoms with Crippen LogP contribution in [0.2, 0.25) is 0 Å². The first-order chi connectivity index (χ1) is 13.1. The number of benzene rings is 1. The highest BCUT2D eigenvalue weighted by atomic mass is 127. The molecule has 0 amide bonds. The average Bonchev–Trinajstić information content (AvgIpc) is 2.69. The highest BCUT2D eigenvalue weighted by Crippen LogP contribution is 2.20. The van der Waals surface area contributed by atoms with E-state index in [2.05, 4.69) is 58.2 Å². The maximum absolute atomic E-state index is 11.9. The summed E-state index contributed by atoms with van der Waals surface area (Å²) in [5.74, 6) is 0.881. The molecular formula is C21H35IN4O2. The number of likely N-dealkylation sites (tertiary alicyclic amines) is 1. The van der Waals surface area contributed by atoms with Crippen molar-refractivity contribution in [2.24, 2.45) is 10.9 Å². The van der Waals surface area contributed by atoms with Gasteiger partial charge < -0.3 is 19.9 Å². The molecule has 0 bridgehead atoms. The van der Waals surface area contributed by atoms with E-state index in [1.54, 1.807) is 0 Å². The zero-order valence-corrected chi connectivity index (χ0v) is 19.9. The van der Waals surface area contributed by atoms with Crippen molar-refractivity contribution in [3.8, 4) is 0 Å². The van der Waals surface area contributed by atoms with E-state index in [4.69, 9.17) is 4.74 Å². The van der Waals surface area contributed by atoms with Crippen LogP contribution in [0.4, 0.5) is 5.69 Å². The van der Waals surface area contributed by atoms with Crippen molar-refractivity contribution >= 4 is 41.6 Å². The Bertz CT molecular complexity index is 631. The summed E-state index contributed by atoms with van der Waals surface area (Å²) in [5.41, 5.74) is 2.58. The van der Waals surface area contributed by atoms with Crippen LogP contribution in [0.15, 0.2) is 29.3 Å². The molecule has 2 rings (SSSR count). The van der Waals surface area contributed by atoms with Crippen LogP contribution in [0, 0.1) is 12.8 Å². The molecule has 158 valence electrons. The molecule has 7 heteroatoms. The van der Waals surface area contributed by atoms with E-state index in [0.29, 0.717) is 6.61 Å². The summed E-state index contributed by atoms with van der Waals surface area (Å²) in [4.78, 5) is 20.9. The van der Waals surface area contributed by atoms with Crippen molar-refractivity contribution < 1.29 is 9.53 Å². The van der Waals surface area contributed by atoms with Crippen LogP contribution >= 0.6 is 24.0 Å². The number of carbonyl (C=O) groups excluding carboxylic acids is 1. The Balaban J connectivity index is 0.00000392. The fraction of sp³-hybridized carbons (Fsp3) is 0.619. The monoisotopic (exact) mass is 502 g/mol. The van der Waals surface area contributed by atoms with Gasteiger partial charge in [-0.05, 0) is 45.2 Å². The number of carbonyl (C=O) groups is 1. The molecule has 1 aliphatic rings. The number of aryl methyl sites for hydroxylation is 1. The molecule has 0 spiro atoms. The number of hydrogen-bond donors (Lipinski definition) is 1. The Kier molecular flexibility index (Phi) is 11.3. The van der Waals surface area contributed by atoms with Gasteiger partial charge in [0.15, 0.2) is 5.96 Å². The van der Waals surface area contributed by atoms with Gasteiger partial charge in [-0.15, -0.1) is 24.0 Å². The second-order valence-electron chi connectivity index (χ2n) is 6.85. The normalized spacial score (nSPS) is 15.0. The molecule has 1 aromatic rings. The predicted molar refractivity (Wildman–Crippen MR) is 127 cm³/mol. The number of likely N-dealkylation sites (N-methyl/N-ethyl adjacent to an activating group) is 1. The molecule has 0 radical (unpaired) electrons. The third-order valence-corrected chi connectivity index (χ3v) is 5.13. The Morgan fingerprint density at radius 3 is 2.54 bits per heavy atom. The number of para-hydroxylation sites is 1. The lowest BCUT2D eigenvalue weighted by molar-refractivity contribution is -0.149. The van der Waals surface area contributed by atoms with E-state index in [1.807, 2.05) is 14.0 Å². The Morgan fingerprint density at radius 1 is 1.29 bits per heavy atom.